The summed E-state index contributed by atoms with van der Waals surface area (Å²) >= 11 is 6.14. The number of rotatable bonds is 4. The number of carbonyl (C=O) groups is 1. The van der Waals surface area contributed by atoms with E-state index in [4.69, 9.17) is 11.6 Å². The van der Waals surface area contributed by atoms with Gasteiger partial charge in [-0.25, -0.2) is 13.5 Å². The maximum atomic E-state index is 12.9. The van der Waals surface area contributed by atoms with Gasteiger partial charge in [-0.15, -0.1) is 0 Å². The van der Waals surface area contributed by atoms with E-state index in [0.717, 1.165) is 12.8 Å². The molecule has 0 aliphatic carbocycles. The second-order valence-corrected chi connectivity index (χ2v) is 8.97. The van der Waals surface area contributed by atoms with Crippen molar-refractivity contribution < 1.29 is 13.2 Å². The highest BCUT2D eigenvalue weighted by Gasteiger charge is 2.29. The Hall–Kier alpha value is -2.75. The molecule has 1 amide bonds. The molecular weight excluding hydrogens is 416 g/mol. The maximum absolute atomic E-state index is 12.9. The molecule has 8 nitrogen and oxygen atoms in total. The number of carbonyl (C=O) groups excluding carboxylic acids is 1. The predicted molar refractivity (Wildman–Crippen MR) is 110 cm³/mol. The highest BCUT2D eigenvalue weighted by molar-refractivity contribution is 7.89. The molecule has 0 bridgehead atoms. The van der Waals surface area contributed by atoms with E-state index < -0.39 is 21.5 Å². The van der Waals surface area contributed by atoms with Gasteiger partial charge >= 0.3 is 0 Å². The molecule has 29 heavy (non-hydrogen) atoms. The Morgan fingerprint density at radius 3 is 2.52 bits per heavy atom. The third-order valence-corrected chi connectivity index (χ3v) is 7.16. The van der Waals surface area contributed by atoms with Crippen LogP contribution in [0.1, 0.15) is 23.3 Å². The van der Waals surface area contributed by atoms with Gasteiger partial charge in [-0.2, -0.15) is 9.40 Å². The molecule has 4 rings (SSSR count). The van der Waals surface area contributed by atoms with Crippen LogP contribution in [0.2, 0.25) is 5.02 Å². The molecule has 1 aromatic heterocycles. The first-order valence-corrected chi connectivity index (χ1v) is 10.8. The van der Waals surface area contributed by atoms with Crippen molar-refractivity contribution in [2.45, 2.75) is 17.7 Å². The van der Waals surface area contributed by atoms with Gasteiger partial charge in [0.1, 0.15) is 4.90 Å². The summed E-state index contributed by atoms with van der Waals surface area (Å²) in [6.45, 7) is 0.894. The zero-order valence-corrected chi connectivity index (χ0v) is 16.8. The lowest BCUT2D eigenvalue weighted by molar-refractivity contribution is 0.102. The van der Waals surface area contributed by atoms with Gasteiger partial charge in [0.25, 0.3) is 11.5 Å². The van der Waals surface area contributed by atoms with Crippen LogP contribution in [0.3, 0.4) is 0 Å². The number of aromatic nitrogens is 2. The summed E-state index contributed by atoms with van der Waals surface area (Å²) in [5.41, 5.74) is -0.115. The van der Waals surface area contributed by atoms with Crippen molar-refractivity contribution in [3.05, 3.63) is 63.5 Å². The van der Waals surface area contributed by atoms with Crippen LogP contribution in [0.4, 0.5) is 5.69 Å². The highest BCUT2D eigenvalue weighted by atomic mass is 35.5. The monoisotopic (exact) mass is 432 g/mol. The van der Waals surface area contributed by atoms with Crippen molar-refractivity contribution in [3.8, 4) is 0 Å². The number of H-pyrrole nitrogens is 1. The normalized spacial score (nSPS) is 14.9. The largest absolute Gasteiger partial charge is 0.321 e. The minimum Gasteiger partial charge on any atom is -0.321 e. The van der Waals surface area contributed by atoms with E-state index in [-0.39, 0.29) is 21.3 Å². The molecule has 0 atom stereocenters. The van der Waals surface area contributed by atoms with Crippen LogP contribution < -0.4 is 10.9 Å². The van der Waals surface area contributed by atoms with Gasteiger partial charge in [0, 0.05) is 24.2 Å². The minimum atomic E-state index is -3.75. The molecule has 0 saturated carbocycles. The van der Waals surface area contributed by atoms with Crippen molar-refractivity contribution in [2.75, 3.05) is 18.4 Å². The summed E-state index contributed by atoms with van der Waals surface area (Å²) in [6.07, 6.45) is 1.61. The molecule has 0 unspecified atom stereocenters. The predicted octanol–water partition coefficient (Wildman–Crippen LogP) is 2.61. The van der Waals surface area contributed by atoms with E-state index in [1.54, 1.807) is 24.3 Å². The molecule has 2 heterocycles. The average Bonchev–Trinajstić information content (AvgIpc) is 3.25. The Kier molecular flexibility index (Phi) is 5.12. The van der Waals surface area contributed by atoms with Gasteiger partial charge in [-0.05, 0) is 37.1 Å². The molecule has 3 aromatic rings. The third kappa shape index (κ3) is 3.64. The van der Waals surface area contributed by atoms with Crippen LogP contribution in [-0.4, -0.2) is 41.9 Å². The summed E-state index contributed by atoms with van der Waals surface area (Å²) in [5.74, 6) is -0.579. The fourth-order valence-electron chi connectivity index (χ4n) is 3.32. The number of hydrogen-bond acceptors (Lipinski definition) is 5. The zero-order chi connectivity index (χ0) is 20.6. The summed E-state index contributed by atoms with van der Waals surface area (Å²) in [4.78, 5) is 24.6. The fourth-order valence-corrected chi connectivity index (χ4v) is 5.34. The Morgan fingerprint density at radius 1 is 1.10 bits per heavy atom. The molecule has 2 N–H and O–H groups in total. The van der Waals surface area contributed by atoms with Crippen LogP contribution in [0, 0.1) is 0 Å². The lowest BCUT2D eigenvalue weighted by Crippen LogP contribution is -2.28. The Morgan fingerprint density at radius 2 is 1.79 bits per heavy atom. The van der Waals surface area contributed by atoms with E-state index in [0.29, 0.717) is 23.9 Å². The van der Waals surface area contributed by atoms with Crippen LogP contribution in [-0.2, 0) is 10.0 Å². The number of hydrogen-bond donors (Lipinski definition) is 2. The summed E-state index contributed by atoms with van der Waals surface area (Å²) in [5, 5.41) is 9.60. The molecule has 1 fully saturated rings. The molecule has 2 aromatic carbocycles. The maximum Gasteiger partial charge on any atom is 0.276 e. The second-order valence-electron chi connectivity index (χ2n) is 6.66. The first-order chi connectivity index (χ1) is 13.9. The highest BCUT2D eigenvalue weighted by Crippen LogP contribution is 2.30. The molecule has 1 saturated heterocycles. The number of halogens is 1. The number of anilines is 1. The molecule has 0 radical (unpaired) electrons. The standard InChI is InChI=1S/C19H17ClN4O4S/c20-15-8-7-12(11-16(15)29(27,28)24-9-3-4-10-24)21-19(26)17-13-5-1-2-6-14(13)18(25)23-22-17/h1-2,5-8,11H,3-4,9-10H2,(H,21,26)(H,23,25). The van der Waals surface area contributed by atoms with Gasteiger partial charge < -0.3 is 5.32 Å². The topological polar surface area (TPSA) is 112 Å². The van der Waals surface area contributed by atoms with Gasteiger partial charge in [0.15, 0.2) is 5.69 Å². The number of amides is 1. The molecule has 1 aliphatic rings. The summed E-state index contributed by atoms with van der Waals surface area (Å²) in [7, 11) is -3.75. The number of aromatic amines is 1. The second kappa shape index (κ2) is 7.58. The SMILES string of the molecule is O=C(Nc1ccc(Cl)c(S(=O)(=O)N2CCCC2)c1)c1n[nH]c(=O)c2ccccc12. The lowest BCUT2D eigenvalue weighted by Gasteiger charge is -2.17. The minimum absolute atomic E-state index is 0.0269. The van der Waals surface area contributed by atoms with Crippen LogP contribution in [0.15, 0.2) is 52.2 Å². The average molecular weight is 433 g/mol. The van der Waals surface area contributed by atoms with E-state index in [2.05, 4.69) is 15.5 Å². The molecule has 150 valence electrons. The van der Waals surface area contributed by atoms with Gasteiger partial charge in [0.2, 0.25) is 10.0 Å². The zero-order valence-electron chi connectivity index (χ0n) is 15.2. The summed E-state index contributed by atoms with van der Waals surface area (Å²) in [6, 6.07) is 10.9. The van der Waals surface area contributed by atoms with Gasteiger partial charge in [-0.3, -0.25) is 9.59 Å². The van der Waals surface area contributed by atoms with Crippen molar-refractivity contribution in [1.82, 2.24) is 14.5 Å². The molecule has 10 heteroatoms. The van der Waals surface area contributed by atoms with Crippen LogP contribution in [0.25, 0.3) is 10.8 Å². The van der Waals surface area contributed by atoms with E-state index >= 15 is 0 Å². The quantitative estimate of drug-likeness (QED) is 0.658. The van der Waals surface area contributed by atoms with Crippen molar-refractivity contribution in [1.29, 1.82) is 0 Å². The van der Waals surface area contributed by atoms with E-state index in [9.17, 15) is 18.0 Å². The first-order valence-electron chi connectivity index (χ1n) is 8.96. The van der Waals surface area contributed by atoms with Gasteiger partial charge in [0.05, 0.1) is 10.4 Å². The molecule has 1 aliphatic heterocycles. The van der Waals surface area contributed by atoms with Crippen molar-refractivity contribution in [2.24, 2.45) is 0 Å². The van der Waals surface area contributed by atoms with Crippen LogP contribution in [0.5, 0.6) is 0 Å². The van der Waals surface area contributed by atoms with E-state index in [1.807, 2.05) is 0 Å². The Balaban J connectivity index is 1.68. The number of sulfonamides is 1. The smallest absolute Gasteiger partial charge is 0.276 e. The number of benzene rings is 2. The molecular formula is C19H17ClN4O4S. The Labute approximate surface area is 171 Å². The van der Waals surface area contributed by atoms with E-state index in [1.165, 1.54) is 22.5 Å². The third-order valence-electron chi connectivity index (χ3n) is 4.78. The summed E-state index contributed by atoms with van der Waals surface area (Å²) < 4.78 is 27.1. The first kappa shape index (κ1) is 19.6. The number of fused-ring (bicyclic) bond motifs is 1. The van der Waals surface area contributed by atoms with Crippen LogP contribution >= 0.6 is 11.6 Å². The fraction of sp³-hybridized carbons (Fsp3) is 0.211. The molecule has 0 spiro atoms. The number of nitrogens with zero attached hydrogens (tertiary/aromatic N) is 2. The number of nitrogens with one attached hydrogen (secondary N) is 2. The van der Waals surface area contributed by atoms with Crippen molar-refractivity contribution in [3.63, 3.8) is 0 Å². The lowest BCUT2D eigenvalue weighted by atomic mass is 10.1. The Bertz CT molecular complexity index is 1270. The van der Waals surface area contributed by atoms with Crippen molar-refractivity contribution >= 4 is 44.0 Å². The van der Waals surface area contributed by atoms with Gasteiger partial charge in [-0.1, -0.05) is 29.8 Å².